The van der Waals surface area contributed by atoms with E-state index in [1.807, 2.05) is 27.7 Å². The van der Waals surface area contributed by atoms with Gasteiger partial charge in [-0.25, -0.2) is 0 Å². The average Bonchev–Trinajstić information content (AvgIpc) is 2.68. The van der Waals surface area contributed by atoms with Crippen LogP contribution in [0, 0.1) is 17.8 Å². The highest BCUT2D eigenvalue weighted by Gasteiger charge is 2.28. The summed E-state index contributed by atoms with van der Waals surface area (Å²) in [5.74, 6) is 2.98. The van der Waals surface area contributed by atoms with Gasteiger partial charge in [-0.3, -0.25) is 9.80 Å². The number of hydrogen-bond donors (Lipinski definition) is 0. The van der Waals surface area contributed by atoms with Gasteiger partial charge in [0, 0.05) is 31.7 Å². The fourth-order valence-electron chi connectivity index (χ4n) is 4.67. The second-order valence-electron chi connectivity index (χ2n) is 9.76. The summed E-state index contributed by atoms with van der Waals surface area (Å²) >= 11 is 0. The van der Waals surface area contributed by atoms with Crippen molar-refractivity contribution < 1.29 is 0 Å². The molecule has 2 saturated heterocycles. The van der Waals surface area contributed by atoms with Crippen molar-refractivity contribution in [3.8, 4) is 0 Å². The maximum atomic E-state index is 2.70. The Kier molecular flexibility index (Phi) is 16.5. The third kappa shape index (κ3) is 11.7. The molecule has 3 fully saturated rings. The van der Waals surface area contributed by atoms with E-state index in [-0.39, 0.29) is 0 Å². The lowest BCUT2D eigenvalue weighted by Crippen LogP contribution is -2.56. The van der Waals surface area contributed by atoms with E-state index >= 15 is 0 Å². The SMILES string of the molecule is CC.CC.CC(C)CC1CCC1.CC1CN(CC2CCN(C)CC2)CC(C)N1C. The summed E-state index contributed by atoms with van der Waals surface area (Å²) in [7, 11) is 4.51. The third-order valence-electron chi connectivity index (χ3n) is 6.82. The zero-order valence-electron chi connectivity index (χ0n) is 22.0. The Labute approximate surface area is 185 Å². The summed E-state index contributed by atoms with van der Waals surface area (Å²) in [6, 6.07) is 1.43. The van der Waals surface area contributed by atoms with E-state index in [0.29, 0.717) is 12.1 Å². The van der Waals surface area contributed by atoms with Gasteiger partial charge in [0.05, 0.1) is 0 Å². The molecule has 0 spiro atoms. The average molecular weight is 412 g/mol. The molecule has 0 amide bonds. The van der Waals surface area contributed by atoms with Crippen LogP contribution in [0.2, 0.25) is 0 Å². The van der Waals surface area contributed by atoms with E-state index in [1.165, 1.54) is 71.2 Å². The second kappa shape index (κ2) is 16.6. The highest BCUT2D eigenvalue weighted by molar-refractivity contribution is 4.84. The minimum Gasteiger partial charge on any atom is -0.306 e. The van der Waals surface area contributed by atoms with Crippen molar-refractivity contribution in [3.05, 3.63) is 0 Å². The smallest absolute Gasteiger partial charge is 0.0195 e. The van der Waals surface area contributed by atoms with E-state index < -0.39 is 0 Å². The predicted octanol–water partition coefficient (Wildman–Crippen LogP) is 6.24. The molecule has 2 heterocycles. The molecule has 2 unspecified atom stereocenters. The molecule has 3 nitrogen and oxygen atoms in total. The number of likely N-dealkylation sites (N-methyl/N-ethyl adjacent to an activating group) is 1. The van der Waals surface area contributed by atoms with E-state index in [9.17, 15) is 0 Å². The van der Waals surface area contributed by atoms with Crippen LogP contribution >= 0.6 is 0 Å². The zero-order valence-corrected chi connectivity index (χ0v) is 22.0. The van der Waals surface area contributed by atoms with Gasteiger partial charge in [0.2, 0.25) is 0 Å². The molecule has 1 saturated carbocycles. The first-order valence-electron chi connectivity index (χ1n) is 13.0. The summed E-state index contributed by atoms with van der Waals surface area (Å²) in [5.41, 5.74) is 0. The molecule has 0 N–H and O–H groups in total. The number of likely N-dealkylation sites (tertiary alicyclic amines) is 1. The minimum absolute atomic E-state index is 0.713. The first-order valence-corrected chi connectivity index (χ1v) is 13.0. The van der Waals surface area contributed by atoms with Gasteiger partial charge in [-0.2, -0.15) is 0 Å². The molecule has 29 heavy (non-hydrogen) atoms. The Hall–Kier alpha value is -0.120. The first kappa shape index (κ1) is 28.9. The fourth-order valence-corrected chi connectivity index (χ4v) is 4.67. The largest absolute Gasteiger partial charge is 0.306 e. The molecule has 3 rings (SSSR count). The molecule has 0 bridgehead atoms. The molecule has 1 aliphatic carbocycles. The van der Waals surface area contributed by atoms with E-state index in [0.717, 1.165) is 17.8 Å². The predicted molar refractivity (Wildman–Crippen MR) is 133 cm³/mol. The summed E-state index contributed by atoms with van der Waals surface area (Å²) in [6.07, 6.45) is 8.78. The van der Waals surface area contributed by atoms with E-state index in [1.54, 1.807) is 0 Å². The first-order chi connectivity index (χ1) is 13.8. The van der Waals surface area contributed by atoms with Crippen LogP contribution in [-0.2, 0) is 0 Å². The van der Waals surface area contributed by atoms with Crippen molar-refractivity contribution in [1.82, 2.24) is 14.7 Å². The summed E-state index contributed by atoms with van der Waals surface area (Å²) in [6.45, 7) is 23.8. The zero-order chi connectivity index (χ0) is 22.4. The van der Waals surface area contributed by atoms with E-state index in [2.05, 4.69) is 56.5 Å². The van der Waals surface area contributed by atoms with Crippen LogP contribution in [0.4, 0.5) is 0 Å². The van der Waals surface area contributed by atoms with Gasteiger partial charge < -0.3 is 4.90 Å². The Bertz CT molecular complexity index is 347. The highest BCUT2D eigenvalue weighted by Crippen LogP contribution is 2.31. The van der Waals surface area contributed by atoms with Crippen LogP contribution in [0.15, 0.2) is 0 Å². The maximum Gasteiger partial charge on any atom is 0.0195 e. The third-order valence-corrected chi connectivity index (χ3v) is 6.82. The standard InChI is InChI=1S/C14H29N3.C8H16.2C2H6/c1-12-9-17(10-13(2)16(12)4)11-14-5-7-15(3)8-6-14;1-7(2)6-8-4-3-5-8;2*1-2/h12-14H,5-11H2,1-4H3;7-8H,3-6H2,1-2H3;2*1-2H3. The number of nitrogens with zero attached hydrogens (tertiary/aromatic N) is 3. The van der Waals surface area contributed by atoms with Gasteiger partial charge in [0.1, 0.15) is 0 Å². The minimum atomic E-state index is 0.713. The topological polar surface area (TPSA) is 9.72 Å². The molecule has 0 aromatic rings. The Balaban J connectivity index is 0.000000547. The van der Waals surface area contributed by atoms with Gasteiger partial charge in [0.15, 0.2) is 0 Å². The molecule has 0 aromatic carbocycles. The molecule has 3 heteroatoms. The van der Waals surface area contributed by atoms with Crippen LogP contribution in [0.1, 0.15) is 93.9 Å². The molecule has 176 valence electrons. The molecular weight excluding hydrogens is 354 g/mol. The summed E-state index contributed by atoms with van der Waals surface area (Å²) in [4.78, 5) is 7.68. The summed E-state index contributed by atoms with van der Waals surface area (Å²) in [5, 5.41) is 0. The van der Waals surface area contributed by atoms with Crippen LogP contribution in [-0.4, -0.2) is 73.6 Å². The van der Waals surface area contributed by atoms with Crippen LogP contribution in [0.25, 0.3) is 0 Å². The van der Waals surface area contributed by atoms with Gasteiger partial charge in [-0.05, 0) is 78.0 Å². The van der Waals surface area contributed by atoms with Crippen LogP contribution in [0.5, 0.6) is 0 Å². The second-order valence-corrected chi connectivity index (χ2v) is 9.76. The molecule has 2 atom stereocenters. The number of hydrogen-bond acceptors (Lipinski definition) is 3. The van der Waals surface area contributed by atoms with Gasteiger partial charge in [-0.15, -0.1) is 0 Å². The van der Waals surface area contributed by atoms with Crippen molar-refractivity contribution in [2.24, 2.45) is 17.8 Å². The molecule has 2 aliphatic heterocycles. The van der Waals surface area contributed by atoms with Gasteiger partial charge >= 0.3 is 0 Å². The van der Waals surface area contributed by atoms with Gasteiger partial charge in [-0.1, -0.05) is 60.8 Å². The van der Waals surface area contributed by atoms with Crippen molar-refractivity contribution in [2.75, 3.05) is 46.8 Å². The maximum absolute atomic E-state index is 2.70. The highest BCUT2D eigenvalue weighted by atomic mass is 15.3. The Morgan fingerprint density at radius 2 is 1.24 bits per heavy atom. The molecule has 3 aliphatic rings. The number of rotatable bonds is 4. The monoisotopic (exact) mass is 411 g/mol. The van der Waals surface area contributed by atoms with Crippen molar-refractivity contribution in [3.63, 3.8) is 0 Å². The quantitative estimate of drug-likeness (QED) is 0.542. The normalized spacial score (nSPS) is 27.0. The van der Waals surface area contributed by atoms with Crippen LogP contribution in [0.3, 0.4) is 0 Å². The van der Waals surface area contributed by atoms with Crippen LogP contribution < -0.4 is 0 Å². The van der Waals surface area contributed by atoms with Crippen molar-refractivity contribution >= 4 is 0 Å². The van der Waals surface area contributed by atoms with Gasteiger partial charge in [0.25, 0.3) is 0 Å². The lowest BCUT2D eigenvalue weighted by molar-refractivity contribution is 0.0432. The number of piperidine rings is 1. The summed E-state index contributed by atoms with van der Waals surface area (Å²) < 4.78 is 0. The Morgan fingerprint density at radius 3 is 1.59 bits per heavy atom. The van der Waals surface area contributed by atoms with Crippen molar-refractivity contribution in [1.29, 1.82) is 0 Å². The van der Waals surface area contributed by atoms with Crippen molar-refractivity contribution in [2.45, 2.75) is 106 Å². The molecular formula is C26H57N3. The lowest BCUT2D eigenvalue weighted by atomic mass is 9.80. The lowest BCUT2D eigenvalue weighted by Gasteiger charge is -2.44. The fraction of sp³-hybridized carbons (Fsp3) is 1.00. The van der Waals surface area contributed by atoms with E-state index in [4.69, 9.17) is 0 Å². The molecule has 0 radical (unpaired) electrons. The number of piperazine rings is 1. The molecule has 0 aromatic heterocycles. The Morgan fingerprint density at radius 1 is 0.759 bits per heavy atom.